The van der Waals surface area contributed by atoms with Gasteiger partial charge in [-0.25, -0.2) is 9.97 Å². The molecule has 1 amide bonds. The summed E-state index contributed by atoms with van der Waals surface area (Å²) in [5.74, 6) is 1.09. The first-order chi connectivity index (χ1) is 13.6. The van der Waals surface area contributed by atoms with Gasteiger partial charge in [-0.2, -0.15) is 0 Å². The van der Waals surface area contributed by atoms with Crippen LogP contribution in [0, 0.1) is 13.8 Å². The molecule has 2 aromatic carbocycles. The minimum absolute atomic E-state index is 0.188. The minimum Gasteiger partial charge on any atom is -0.497 e. The fourth-order valence-corrected chi connectivity index (χ4v) is 2.73. The number of hydrogen-bond donors (Lipinski definition) is 2. The Labute approximate surface area is 165 Å². The second-order valence-electron chi connectivity index (χ2n) is 6.52. The molecule has 2 N–H and O–H groups in total. The molecule has 0 radical (unpaired) electrons. The van der Waals surface area contributed by atoms with Crippen molar-refractivity contribution >= 4 is 17.5 Å². The highest BCUT2D eigenvalue weighted by molar-refractivity contribution is 5.93. The summed E-state index contributed by atoms with van der Waals surface area (Å²) in [6.45, 7) is 4.64. The lowest BCUT2D eigenvalue weighted by molar-refractivity contribution is 0.0953. The number of aromatic nitrogens is 2. The van der Waals surface area contributed by atoms with Gasteiger partial charge >= 0.3 is 0 Å². The predicted molar refractivity (Wildman–Crippen MR) is 110 cm³/mol. The normalized spacial score (nSPS) is 10.4. The van der Waals surface area contributed by atoms with Crippen LogP contribution in [0.25, 0.3) is 0 Å². The molecule has 0 bridgehead atoms. The molecular weight excluding hydrogens is 352 g/mol. The van der Waals surface area contributed by atoms with Crippen molar-refractivity contribution in [2.24, 2.45) is 0 Å². The van der Waals surface area contributed by atoms with Crippen LogP contribution in [-0.4, -0.2) is 29.5 Å². The summed E-state index contributed by atoms with van der Waals surface area (Å²) in [6, 6.07) is 13.8. The number of benzene rings is 2. The number of rotatable bonds is 7. The highest BCUT2D eigenvalue weighted by atomic mass is 16.5. The standard InChI is InChI=1S/C22H24N4O2/c1-15-5-4-6-20(16(15)2)26-22-24-13-18(14-25-22)21(27)23-12-11-17-7-9-19(28-3)10-8-17/h4-10,13-14H,11-12H2,1-3H3,(H,23,27)(H,24,25,26). The maximum atomic E-state index is 12.3. The van der Waals surface area contributed by atoms with E-state index in [2.05, 4.69) is 33.6 Å². The molecular formula is C22H24N4O2. The van der Waals surface area contributed by atoms with Gasteiger partial charge in [0.1, 0.15) is 5.75 Å². The Kier molecular flexibility index (Phi) is 6.22. The Balaban J connectivity index is 1.53. The number of anilines is 2. The third-order valence-corrected chi connectivity index (χ3v) is 4.62. The molecule has 28 heavy (non-hydrogen) atoms. The van der Waals surface area contributed by atoms with Crippen LogP contribution in [-0.2, 0) is 6.42 Å². The Morgan fingerprint density at radius 1 is 1.04 bits per heavy atom. The number of aryl methyl sites for hydroxylation is 1. The monoisotopic (exact) mass is 376 g/mol. The van der Waals surface area contributed by atoms with Crippen molar-refractivity contribution in [2.75, 3.05) is 19.0 Å². The molecule has 6 heteroatoms. The number of amides is 1. The van der Waals surface area contributed by atoms with E-state index in [0.29, 0.717) is 18.1 Å². The lowest BCUT2D eigenvalue weighted by Gasteiger charge is -2.10. The zero-order valence-electron chi connectivity index (χ0n) is 16.3. The molecule has 1 aromatic heterocycles. The van der Waals surface area contributed by atoms with Gasteiger partial charge in [0.25, 0.3) is 5.91 Å². The van der Waals surface area contributed by atoms with Crippen LogP contribution in [0.2, 0.25) is 0 Å². The van der Waals surface area contributed by atoms with Crippen LogP contribution in [0.5, 0.6) is 5.75 Å². The Bertz CT molecular complexity index is 938. The highest BCUT2D eigenvalue weighted by Crippen LogP contribution is 2.20. The quantitative estimate of drug-likeness (QED) is 0.656. The average molecular weight is 376 g/mol. The molecule has 0 saturated heterocycles. The number of ether oxygens (including phenoxy) is 1. The molecule has 3 rings (SSSR count). The zero-order chi connectivity index (χ0) is 19.9. The van der Waals surface area contributed by atoms with E-state index in [1.54, 1.807) is 7.11 Å². The molecule has 0 aliphatic heterocycles. The van der Waals surface area contributed by atoms with Crippen molar-refractivity contribution in [3.05, 3.63) is 77.1 Å². The largest absolute Gasteiger partial charge is 0.497 e. The van der Waals surface area contributed by atoms with Crippen LogP contribution in [0.3, 0.4) is 0 Å². The lowest BCUT2D eigenvalue weighted by Crippen LogP contribution is -2.26. The van der Waals surface area contributed by atoms with Gasteiger partial charge in [0, 0.05) is 24.6 Å². The highest BCUT2D eigenvalue weighted by Gasteiger charge is 2.08. The van der Waals surface area contributed by atoms with E-state index in [9.17, 15) is 4.79 Å². The van der Waals surface area contributed by atoms with Crippen molar-refractivity contribution in [1.82, 2.24) is 15.3 Å². The van der Waals surface area contributed by atoms with Gasteiger partial charge in [-0.3, -0.25) is 4.79 Å². The number of carbonyl (C=O) groups excluding carboxylic acids is 1. The Morgan fingerprint density at radius 3 is 2.43 bits per heavy atom. The molecule has 6 nitrogen and oxygen atoms in total. The lowest BCUT2D eigenvalue weighted by atomic mass is 10.1. The Hall–Kier alpha value is -3.41. The predicted octanol–water partition coefficient (Wildman–Crippen LogP) is 3.82. The van der Waals surface area contributed by atoms with E-state index in [4.69, 9.17) is 4.74 Å². The van der Waals surface area contributed by atoms with E-state index < -0.39 is 0 Å². The molecule has 1 heterocycles. The number of nitrogens with zero attached hydrogens (tertiary/aromatic N) is 2. The summed E-state index contributed by atoms with van der Waals surface area (Å²) in [5.41, 5.74) is 4.85. The topological polar surface area (TPSA) is 76.1 Å². The molecule has 0 fully saturated rings. The summed E-state index contributed by atoms with van der Waals surface area (Å²) in [5, 5.41) is 6.08. The SMILES string of the molecule is COc1ccc(CCNC(=O)c2cnc(Nc3cccc(C)c3C)nc2)cc1. The second-order valence-corrected chi connectivity index (χ2v) is 6.52. The molecule has 0 aliphatic carbocycles. The van der Waals surface area contributed by atoms with E-state index in [1.807, 2.05) is 43.3 Å². The summed E-state index contributed by atoms with van der Waals surface area (Å²) < 4.78 is 5.14. The first-order valence-corrected chi connectivity index (χ1v) is 9.13. The van der Waals surface area contributed by atoms with Gasteiger partial charge in [0.15, 0.2) is 0 Å². The maximum absolute atomic E-state index is 12.3. The molecule has 0 spiro atoms. The molecule has 3 aromatic rings. The summed E-state index contributed by atoms with van der Waals surface area (Å²) in [4.78, 5) is 20.8. The minimum atomic E-state index is -0.188. The zero-order valence-corrected chi connectivity index (χ0v) is 16.3. The van der Waals surface area contributed by atoms with E-state index in [1.165, 1.54) is 18.0 Å². The molecule has 0 saturated carbocycles. The van der Waals surface area contributed by atoms with Crippen LogP contribution in [0.15, 0.2) is 54.9 Å². The number of nitrogens with one attached hydrogen (secondary N) is 2. The van der Waals surface area contributed by atoms with Gasteiger partial charge in [0.2, 0.25) is 5.95 Å². The van der Waals surface area contributed by atoms with E-state index in [-0.39, 0.29) is 5.91 Å². The third kappa shape index (κ3) is 4.85. The van der Waals surface area contributed by atoms with Crippen LogP contribution < -0.4 is 15.4 Å². The van der Waals surface area contributed by atoms with Gasteiger partial charge in [0.05, 0.1) is 12.7 Å². The number of hydrogen-bond acceptors (Lipinski definition) is 5. The molecule has 0 aliphatic rings. The molecule has 0 atom stereocenters. The van der Waals surface area contributed by atoms with Crippen LogP contribution in [0.4, 0.5) is 11.6 Å². The maximum Gasteiger partial charge on any atom is 0.254 e. The molecule has 144 valence electrons. The van der Waals surface area contributed by atoms with Crippen molar-refractivity contribution in [3.63, 3.8) is 0 Å². The van der Waals surface area contributed by atoms with Gasteiger partial charge in [-0.15, -0.1) is 0 Å². The van der Waals surface area contributed by atoms with E-state index >= 15 is 0 Å². The smallest absolute Gasteiger partial charge is 0.254 e. The van der Waals surface area contributed by atoms with Crippen molar-refractivity contribution in [3.8, 4) is 5.75 Å². The first-order valence-electron chi connectivity index (χ1n) is 9.13. The summed E-state index contributed by atoms with van der Waals surface area (Å²) >= 11 is 0. The fraction of sp³-hybridized carbons (Fsp3) is 0.227. The second kappa shape index (κ2) is 8.99. The average Bonchev–Trinajstić information content (AvgIpc) is 2.72. The summed E-state index contributed by atoms with van der Waals surface area (Å²) in [6.07, 6.45) is 3.80. The van der Waals surface area contributed by atoms with E-state index in [0.717, 1.165) is 29.0 Å². The first kappa shape index (κ1) is 19.4. The van der Waals surface area contributed by atoms with Crippen molar-refractivity contribution in [1.29, 1.82) is 0 Å². The van der Waals surface area contributed by atoms with Gasteiger partial charge in [-0.05, 0) is 55.2 Å². The van der Waals surface area contributed by atoms with Gasteiger partial charge in [-0.1, -0.05) is 24.3 Å². The third-order valence-electron chi connectivity index (χ3n) is 4.62. The number of methoxy groups -OCH3 is 1. The summed E-state index contributed by atoms with van der Waals surface area (Å²) in [7, 11) is 1.64. The number of carbonyl (C=O) groups is 1. The van der Waals surface area contributed by atoms with Crippen LogP contribution in [0.1, 0.15) is 27.0 Å². The van der Waals surface area contributed by atoms with Crippen molar-refractivity contribution < 1.29 is 9.53 Å². The van der Waals surface area contributed by atoms with Crippen molar-refractivity contribution in [2.45, 2.75) is 20.3 Å². The Morgan fingerprint density at radius 2 is 1.75 bits per heavy atom. The molecule has 0 unspecified atom stereocenters. The van der Waals surface area contributed by atoms with Gasteiger partial charge < -0.3 is 15.4 Å². The van der Waals surface area contributed by atoms with Crippen LogP contribution >= 0.6 is 0 Å². The fourth-order valence-electron chi connectivity index (χ4n) is 2.73.